The third-order valence-corrected chi connectivity index (χ3v) is 3.73. The lowest BCUT2D eigenvalue weighted by atomic mass is 10.0. The average Bonchev–Trinajstić information content (AvgIpc) is 2.52. The van der Waals surface area contributed by atoms with E-state index in [0.29, 0.717) is 20.5 Å². The molecule has 0 aromatic carbocycles. The molecule has 4 nitrogen and oxygen atoms in total. The van der Waals surface area contributed by atoms with Crippen LogP contribution in [0.5, 0.6) is 0 Å². The number of pyridine rings is 2. The molecule has 24 heavy (non-hydrogen) atoms. The molecule has 0 spiro atoms. The molecule has 8 heteroatoms. The lowest BCUT2D eigenvalue weighted by molar-refractivity contribution is -0.00899. The molecule has 1 atom stereocenters. The molecule has 0 saturated carbocycles. The van der Waals surface area contributed by atoms with E-state index in [-0.39, 0.29) is 11.5 Å². The van der Waals surface area contributed by atoms with E-state index in [1.807, 2.05) is 0 Å². The molecular formula is C16H16Br2F2N2O2. The van der Waals surface area contributed by atoms with Gasteiger partial charge in [0.15, 0.2) is 0 Å². The SMILES string of the molecule is C=C(C)c1nc(Br)ccc1F.CC(O)(CO)c1nc(Br)ccc1F. The summed E-state index contributed by atoms with van der Waals surface area (Å²) in [7, 11) is 0. The highest BCUT2D eigenvalue weighted by Gasteiger charge is 2.27. The zero-order valence-corrected chi connectivity index (χ0v) is 16.2. The van der Waals surface area contributed by atoms with Crippen molar-refractivity contribution in [3.05, 3.63) is 63.1 Å². The number of hydrogen-bond acceptors (Lipinski definition) is 4. The molecule has 2 aromatic heterocycles. The molecule has 0 bridgehead atoms. The maximum atomic E-state index is 13.1. The van der Waals surface area contributed by atoms with Gasteiger partial charge >= 0.3 is 0 Å². The van der Waals surface area contributed by atoms with E-state index < -0.39 is 18.0 Å². The Hall–Kier alpha value is -1.22. The maximum Gasteiger partial charge on any atom is 0.149 e. The van der Waals surface area contributed by atoms with Gasteiger partial charge in [0.05, 0.1) is 6.61 Å². The molecule has 0 saturated heterocycles. The Morgan fingerprint density at radius 2 is 1.62 bits per heavy atom. The van der Waals surface area contributed by atoms with Gasteiger partial charge in [-0.3, -0.25) is 0 Å². The normalized spacial score (nSPS) is 12.8. The molecule has 0 aliphatic heterocycles. The highest BCUT2D eigenvalue weighted by molar-refractivity contribution is 9.10. The standard InChI is InChI=1S/C8H9BrFNO2.C8H7BrFN/c1-8(13,4-12)7-5(10)2-3-6(9)11-7;1-5(2)8-6(10)3-4-7(9)11-8/h2-3,12-13H,4H2,1H3;3-4H,1H2,2H3. The Balaban J connectivity index is 0.000000243. The van der Waals surface area contributed by atoms with Crippen LogP contribution in [0.25, 0.3) is 5.57 Å². The van der Waals surface area contributed by atoms with Crippen molar-refractivity contribution in [2.24, 2.45) is 0 Å². The van der Waals surface area contributed by atoms with E-state index in [0.717, 1.165) is 0 Å². The van der Waals surface area contributed by atoms with Crippen LogP contribution in [-0.2, 0) is 5.60 Å². The van der Waals surface area contributed by atoms with Gasteiger partial charge in [-0.2, -0.15) is 0 Å². The number of halogens is 4. The van der Waals surface area contributed by atoms with Gasteiger partial charge in [-0.1, -0.05) is 6.58 Å². The molecule has 1 unspecified atom stereocenters. The van der Waals surface area contributed by atoms with Crippen molar-refractivity contribution in [3.8, 4) is 0 Å². The second kappa shape index (κ2) is 8.75. The summed E-state index contributed by atoms with van der Waals surface area (Å²) in [5.41, 5.74) is -0.860. The van der Waals surface area contributed by atoms with Crippen molar-refractivity contribution >= 4 is 37.4 Å². The maximum absolute atomic E-state index is 13.1. The molecular weight excluding hydrogens is 450 g/mol. The van der Waals surface area contributed by atoms with E-state index in [1.54, 1.807) is 13.0 Å². The van der Waals surface area contributed by atoms with Crippen LogP contribution in [0.1, 0.15) is 25.2 Å². The molecule has 2 aromatic rings. The van der Waals surface area contributed by atoms with Gasteiger partial charge in [-0.05, 0) is 75.5 Å². The highest BCUT2D eigenvalue weighted by Crippen LogP contribution is 2.22. The van der Waals surface area contributed by atoms with Crippen molar-refractivity contribution in [2.45, 2.75) is 19.4 Å². The van der Waals surface area contributed by atoms with E-state index in [1.165, 1.54) is 25.1 Å². The zero-order valence-electron chi connectivity index (χ0n) is 13.0. The van der Waals surface area contributed by atoms with Gasteiger partial charge in [0.1, 0.15) is 37.8 Å². The van der Waals surface area contributed by atoms with E-state index >= 15 is 0 Å². The second-order valence-corrected chi connectivity index (χ2v) is 6.77. The van der Waals surface area contributed by atoms with Crippen LogP contribution in [-0.4, -0.2) is 26.8 Å². The van der Waals surface area contributed by atoms with Crippen LogP contribution in [0.4, 0.5) is 8.78 Å². The lowest BCUT2D eigenvalue weighted by Crippen LogP contribution is -2.28. The largest absolute Gasteiger partial charge is 0.393 e. The van der Waals surface area contributed by atoms with Crippen molar-refractivity contribution in [3.63, 3.8) is 0 Å². The van der Waals surface area contributed by atoms with Crippen LogP contribution in [0, 0.1) is 11.6 Å². The average molecular weight is 466 g/mol. The van der Waals surface area contributed by atoms with Gasteiger partial charge in [0.25, 0.3) is 0 Å². The molecule has 0 radical (unpaired) electrons. The first-order valence-electron chi connectivity index (χ1n) is 6.72. The minimum absolute atomic E-state index is 0.163. The van der Waals surface area contributed by atoms with Crippen molar-refractivity contribution in [1.82, 2.24) is 9.97 Å². The summed E-state index contributed by atoms with van der Waals surface area (Å²) in [5.74, 6) is -0.969. The third kappa shape index (κ3) is 5.70. The van der Waals surface area contributed by atoms with E-state index in [9.17, 15) is 13.9 Å². The van der Waals surface area contributed by atoms with Crippen LogP contribution < -0.4 is 0 Å². The summed E-state index contributed by atoms with van der Waals surface area (Å²) >= 11 is 6.19. The zero-order chi connectivity index (χ0) is 18.5. The van der Waals surface area contributed by atoms with Gasteiger partial charge in [-0.15, -0.1) is 0 Å². The summed E-state index contributed by atoms with van der Waals surface area (Å²) in [4.78, 5) is 7.66. The number of allylic oxidation sites excluding steroid dienone is 1. The monoisotopic (exact) mass is 464 g/mol. The fraction of sp³-hybridized carbons (Fsp3) is 0.250. The van der Waals surface area contributed by atoms with Crippen molar-refractivity contribution < 1.29 is 19.0 Å². The molecule has 0 aliphatic rings. The third-order valence-electron chi connectivity index (χ3n) is 2.85. The molecule has 0 fully saturated rings. The van der Waals surface area contributed by atoms with Gasteiger partial charge in [-0.25, -0.2) is 18.7 Å². The smallest absolute Gasteiger partial charge is 0.149 e. The number of aromatic nitrogens is 2. The van der Waals surface area contributed by atoms with Crippen LogP contribution in [0.15, 0.2) is 40.1 Å². The van der Waals surface area contributed by atoms with E-state index in [4.69, 9.17) is 5.11 Å². The van der Waals surface area contributed by atoms with Crippen molar-refractivity contribution in [1.29, 1.82) is 0 Å². The minimum Gasteiger partial charge on any atom is -0.393 e. The Labute approximate surface area is 155 Å². The number of hydrogen-bond donors (Lipinski definition) is 2. The summed E-state index contributed by atoms with van der Waals surface area (Å²) in [6, 6.07) is 5.52. The molecule has 2 rings (SSSR count). The predicted molar refractivity (Wildman–Crippen MR) is 95.2 cm³/mol. The Morgan fingerprint density at radius 3 is 2.08 bits per heavy atom. The number of nitrogens with zero attached hydrogens (tertiary/aromatic N) is 2. The topological polar surface area (TPSA) is 66.2 Å². The fourth-order valence-electron chi connectivity index (χ4n) is 1.59. The quantitative estimate of drug-likeness (QED) is 0.666. The first-order valence-corrected chi connectivity index (χ1v) is 8.30. The summed E-state index contributed by atoms with van der Waals surface area (Å²) < 4.78 is 27.0. The first-order chi connectivity index (χ1) is 11.1. The fourth-order valence-corrected chi connectivity index (χ4v) is 2.21. The van der Waals surface area contributed by atoms with Gasteiger partial charge in [0.2, 0.25) is 0 Å². The van der Waals surface area contributed by atoms with Gasteiger partial charge in [0, 0.05) is 0 Å². The summed E-state index contributed by atoms with van der Waals surface area (Å²) in [5, 5.41) is 18.3. The summed E-state index contributed by atoms with van der Waals surface area (Å²) in [6.07, 6.45) is 0. The van der Waals surface area contributed by atoms with Crippen LogP contribution in [0.2, 0.25) is 0 Å². The second-order valence-electron chi connectivity index (χ2n) is 5.14. The van der Waals surface area contributed by atoms with Crippen LogP contribution >= 0.6 is 31.9 Å². The van der Waals surface area contributed by atoms with Crippen molar-refractivity contribution in [2.75, 3.05) is 6.61 Å². The van der Waals surface area contributed by atoms with Crippen LogP contribution in [0.3, 0.4) is 0 Å². The van der Waals surface area contributed by atoms with E-state index in [2.05, 4.69) is 48.4 Å². The number of aliphatic hydroxyl groups excluding tert-OH is 1. The minimum atomic E-state index is -1.64. The number of rotatable bonds is 3. The predicted octanol–water partition coefficient (Wildman–Crippen LogP) is 4.20. The molecule has 0 amide bonds. The number of aliphatic hydroxyl groups is 2. The first kappa shape index (κ1) is 20.8. The Bertz CT molecular complexity index is 740. The highest BCUT2D eigenvalue weighted by atomic mass is 79.9. The Morgan fingerprint density at radius 1 is 1.12 bits per heavy atom. The summed E-state index contributed by atoms with van der Waals surface area (Å²) in [6.45, 7) is 6.04. The van der Waals surface area contributed by atoms with Gasteiger partial charge < -0.3 is 10.2 Å². The molecule has 2 heterocycles. The Kier molecular flexibility index (Phi) is 7.59. The molecule has 0 aliphatic carbocycles. The molecule has 130 valence electrons. The lowest BCUT2D eigenvalue weighted by Gasteiger charge is -2.19. The molecule has 2 N–H and O–H groups in total.